The van der Waals surface area contributed by atoms with E-state index in [9.17, 15) is 4.39 Å². The molecule has 0 aromatic heterocycles. The third-order valence-corrected chi connectivity index (χ3v) is 1.90. The molecule has 0 nitrogen and oxygen atoms in total. The maximum absolute atomic E-state index is 13.3. The number of rotatable bonds is 1. The van der Waals surface area contributed by atoms with Gasteiger partial charge in [0.1, 0.15) is 5.82 Å². The second kappa shape index (κ2) is 6.83. The molecule has 2 rings (SSSR count). The number of hydrogen-bond donors (Lipinski definition) is 0. The molecule has 0 bridgehead atoms. The van der Waals surface area contributed by atoms with Crippen LogP contribution >= 0.6 is 0 Å². The Hall–Kier alpha value is -0.574. The Morgan fingerprint density at radius 1 is 0.933 bits per heavy atom. The molecular weight excluding hydrogens is 223 g/mol. The van der Waals surface area contributed by atoms with E-state index in [0.29, 0.717) is 5.56 Å². The fourth-order valence-electron chi connectivity index (χ4n) is 1.26. The Balaban J connectivity index is 0.000000980. The van der Waals surface area contributed by atoms with Crippen molar-refractivity contribution >= 4 is 23.1 Å². The molecule has 0 radical (unpaired) electrons. The largest absolute Gasteiger partial charge is 2.00 e. The van der Waals surface area contributed by atoms with Gasteiger partial charge >= 0.3 is 23.1 Å². The van der Waals surface area contributed by atoms with Gasteiger partial charge in [0, 0.05) is 0 Å². The zero-order valence-corrected chi connectivity index (χ0v) is 10.3. The quantitative estimate of drug-likeness (QED) is 0.475. The molecule has 0 aliphatic heterocycles. The average Bonchev–Trinajstić information content (AvgIpc) is 2.20. The van der Waals surface area contributed by atoms with E-state index < -0.39 is 0 Å². The molecule has 0 heterocycles. The van der Waals surface area contributed by atoms with Crippen LogP contribution in [0.25, 0.3) is 11.1 Å². The molecule has 2 aromatic rings. The van der Waals surface area contributed by atoms with Crippen LogP contribution in [0.2, 0.25) is 0 Å². The third-order valence-electron chi connectivity index (χ3n) is 1.90. The van der Waals surface area contributed by atoms with Crippen molar-refractivity contribution in [1.29, 1.82) is 0 Å². The zero-order chi connectivity index (χ0) is 9.10. The van der Waals surface area contributed by atoms with Gasteiger partial charge in [-0.05, 0) is 11.6 Å². The molecule has 0 saturated heterocycles. The summed E-state index contributed by atoms with van der Waals surface area (Å²) in [5.74, 6) is -0.186. The normalized spacial score (nSPS) is 8.60. The summed E-state index contributed by atoms with van der Waals surface area (Å²) in [6.45, 7) is 0. The Bertz CT molecular complexity index is 403. The van der Waals surface area contributed by atoms with Crippen LogP contribution in [-0.4, -0.2) is 23.1 Å². The van der Waals surface area contributed by atoms with Gasteiger partial charge in [-0.1, -0.05) is 18.2 Å². The van der Waals surface area contributed by atoms with Gasteiger partial charge in [-0.2, -0.15) is 30.3 Å². The minimum absolute atomic E-state index is 0. The minimum atomic E-state index is -0.186. The maximum Gasteiger partial charge on any atom is 2.00 e. The molecule has 0 fully saturated rings. The van der Waals surface area contributed by atoms with Crippen molar-refractivity contribution in [3.8, 4) is 11.1 Å². The van der Waals surface area contributed by atoms with Gasteiger partial charge in [0.15, 0.2) is 0 Å². The van der Waals surface area contributed by atoms with Gasteiger partial charge in [-0.25, -0.2) is 4.39 Å². The average molecular weight is 231 g/mol. The van der Waals surface area contributed by atoms with Crippen LogP contribution in [0.4, 0.5) is 4.39 Å². The molecule has 0 N–H and O–H groups in total. The SMILES string of the molecule is Fc1ccccc1-c1cc[c-]cc1.[Cl-].[Mg+2]. The molecular formula is C12H8ClFMg. The standard InChI is InChI=1S/C12H8F.ClH.Mg/c13-12-9-5-4-8-11(12)10-6-2-1-3-7-10;;/h2-9H;1H;/q-1;;+2/p-1. The first-order valence-electron chi connectivity index (χ1n) is 4.09. The fraction of sp³-hybridized carbons (Fsp3) is 0. The maximum atomic E-state index is 13.3. The summed E-state index contributed by atoms with van der Waals surface area (Å²) in [5, 5.41) is 0. The summed E-state index contributed by atoms with van der Waals surface area (Å²) < 4.78 is 13.3. The van der Waals surface area contributed by atoms with Gasteiger partial charge in [0.05, 0.1) is 0 Å². The van der Waals surface area contributed by atoms with Gasteiger partial charge in [0.25, 0.3) is 0 Å². The van der Waals surface area contributed by atoms with Crippen molar-refractivity contribution < 1.29 is 16.8 Å². The molecule has 0 aliphatic carbocycles. The molecule has 2 aromatic carbocycles. The van der Waals surface area contributed by atoms with Crippen molar-refractivity contribution in [2.24, 2.45) is 0 Å². The summed E-state index contributed by atoms with van der Waals surface area (Å²) in [6.07, 6.45) is 0. The van der Waals surface area contributed by atoms with Gasteiger partial charge < -0.3 is 12.4 Å². The predicted molar refractivity (Wildman–Crippen MR) is 56.4 cm³/mol. The molecule has 3 heteroatoms. The van der Waals surface area contributed by atoms with E-state index in [4.69, 9.17) is 0 Å². The van der Waals surface area contributed by atoms with E-state index >= 15 is 0 Å². The van der Waals surface area contributed by atoms with E-state index in [1.165, 1.54) is 6.07 Å². The van der Waals surface area contributed by atoms with E-state index in [-0.39, 0.29) is 41.3 Å². The van der Waals surface area contributed by atoms with E-state index in [2.05, 4.69) is 6.07 Å². The molecule has 0 amide bonds. The van der Waals surface area contributed by atoms with E-state index in [0.717, 1.165) is 5.56 Å². The fourth-order valence-corrected chi connectivity index (χ4v) is 1.26. The van der Waals surface area contributed by atoms with Gasteiger partial charge in [0.2, 0.25) is 0 Å². The van der Waals surface area contributed by atoms with Crippen molar-refractivity contribution in [3.05, 3.63) is 60.4 Å². The molecule has 0 spiro atoms. The number of hydrogen-bond acceptors (Lipinski definition) is 0. The van der Waals surface area contributed by atoms with Crippen LogP contribution in [0.15, 0.2) is 48.5 Å². The van der Waals surface area contributed by atoms with Crippen LogP contribution in [0, 0.1) is 11.9 Å². The Labute approximate surface area is 111 Å². The van der Waals surface area contributed by atoms with Crippen LogP contribution in [0.1, 0.15) is 0 Å². The summed E-state index contributed by atoms with van der Waals surface area (Å²) in [7, 11) is 0. The van der Waals surface area contributed by atoms with E-state index in [1.807, 2.05) is 18.2 Å². The first kappa shape index (κ1) is 14.4. The number of halogens is 2. The predicted octanol–water partition coefficient (Wildman–Crippen LogP) is -0.0839. The van der Waals surface area contributed by atoms with Crippen LogP contribution < -0.4 is 12.4 Å². The molecule has 0 aliphatic rings. The third kappa shape index (κ3) is 3.49. The van der Waals surface area contributed by atoms with Crippen LogP contribution in [-0.2, 0) is 0 Å². The monoisotopic (exact) mass is 230 g/mol. The Kier molecular flexibility index (Phi) is 6.57. The first-order valence-corrected chi connectivity index (χ1v) is 4.09. The molecule has 15 heavy (non-hydrogen) atoms. The van der Waals surface area contributed by atoms with E-state index in [1.54, 1.807) is 24.3 Å². The molecule has 72 valence electrons. The topological polar surface area (TPSA) is 0 Å². The summed E-state index contributed by atoms with van der Waals surface area (Å²) >= 11 is 0. The van der Waals surface area contributed by atoms with Crippen LogP contribution in [0.5, 0.6) is 0 Å². The second-order valence-corrected chi connectivity index (χ2v) is 2.77. The van der Waals surface area contributed by atoms with Crippen molar-refractivity contribution in [3.63, 3.8) is 0 Å². The zero-order valence-electron chi connectivity index (χ0n) is 8.08. The summed E-state index contributed by atoms with van der Waals surface area (Å²) in [4.78, 5) is 0. The second-order valence-electron chi connectivity index (χ2n) is 2.77. The molecule has 0 unspecified atom stereocenters. The Morgan fingerprint density at radius 2 is 1.53 bits per heavy atom. The van der Waals surface area contributed by atoms with Crippen molar-refractivity contribution in [2.45, 2.75) is 0 Å². The van der Waals surface area contributed by atoms with Crippen LogP contribution in [0.3, 0.4) is 0 Å². The van der Waals surface area contributed by atoms with Gasteiger partial charge in [-0.15, -0.1) is 5.56 Å². The Morgan fingerprint density at radius 3 is 2.13 bits per heavy atom. The van der Waals surface area contributed by atoms with Crippen molar-refractivity contribution in [2.75, 3.05) is 0 Å². The first-order chi connectivity index (χ1) is 6.38. The van der Waals surface area contributed by atoms with Crippen molar-refractivity contribution in [1.82, 2.24) is 0 Å². The number of benzene rings is 2. The van der Waals surface area contributed by atoms with Gasteiger partial charge in [-0.3, -0.25) is 0 Å². The summed E-state index contributed by atoms with van der Waals surface area (Å²) in [6, 6.07) is 16.9. The smallest absolute Gasteiger partial charge is 1.00 e. The summed E-state index contributed by atoms with van der Waals surface area (Å²) in [5.41, 5.74) is 1.52. The molecule has 0 atom stereocenters. The minimum Gasteiger partial charge on any atom is -1.00 e. The molecule has 0 saturated carbocycles.